The van der Waals surface area contributed by atoms with E-state index in [-0.39, 0.29) is 5.41 Å². The van der Waals surface area contributed by atoms with Gasteiger partial charge in [-0.2, -0.15) is 0 Å². The summed E-state index contributed by atoms with van der Waals surface area (Å²) in [7, 11) is 0. The average Bonchev–Trinajstić information content (AvgIpc) is 2.66. The van der Waals surface area contributed by atoms with Gasteiger partial charge in [0.1, 0.15) is 0 Å². The summed E-state index contributed by atoms with van der Waals surface area (Å²) in [6.07, 6.45) is 6.59. The van der Waals surface area contributed by atoms with E-state index in [1.54, 1.807) is 0 Å². The number of nitrogens with zero attached hydrogens (tertiary/aromatic N) is 1. The second-order valence-electron chi connectivity index (χ2n) is 6.29. The maximum atomic E-state index is 6.17. The Labute approximate surface area is 112 Å². The molecule has 2 N–H and O–H groups in total. The first-order chi connectivity index (χ1) is 8.52. The van der Waals surface area contributed by atoms with Crippen molar-refractivity contribution < 1.29 is 0 Å². The highest BCUT2D eigenvalue weighted by Gasteiger charge is 2.35. The summed E-state index contributed by atoms with van der Waals surface area (Å²) in [5.41, 5.74) is 10.8. The Kier molecular flexibility index (Phi) is 3.86. The first-order valence-electron chi connectivity index (χ1n) is 7.41. The van der Waals surface area contributed by atoms with E-state index >= 15 is 0 Å². The molecule has 18 heavy (non-hydrogen) atoms. The van der Waals surface area contributed by atoms with E-state index in [2.05, 4.69) is 38.3 Å². The van der Waals surface area contributed by atoms with Crippen LogP contribution in [0.25, 0.3) is 0 Å². The van der Waals surface area contributed by atoms with Gasteiger partial charge in [-0.1, -0.05) is 19.3 Å². The zero-order valence-corrected chi connectivity index (χ0v) is 12.4. The predicted octanol–water partition coefficient (Wildman–Crippen LogP) is 3.85. The number of rotatable bonds is 3. The van der Waals surface area contributed by atoms with E-state index in [4.69, 9.17) is 5.73 Å². The van der Waals surface area contributed by atoms with Gasteiger partial charge < -0.3 is 10.3 Å². The quantitative estimate of drug-likeness (QED) is 0.865. The molecular formula is C16H28N2. The van der Waals surface area contributed by atoms with Crippen LogP contribution in [0.1, 0.15) is 68.9 Å². The standard InChI is InChI=1S/C16H28N2/c1-12(2)18-13(3)10-15(14(18)4)16(11-17)8-6-5-7-9-16/h10,12H,5-9,11,17H2,1-4H3. The second-order valence-corrected chi connectivity index (χ2v) is 6.29. The van der Waals surface area contributed by atoms with E-state index in [0.29, 0.717) is 6.04 Å². The van der Waals surface area contributed by atoms with E-state index in [1.807, 2.05) is 0 Å². The SMILES string of the molecule is Cc1cc(C2(CN)CCCCC2)c(C)n1C(C)C. The monoisotopic (exact) mass is 248 g/mol. The normalized spacial score (nSPS) is 19.4. The summed E-state index contributed by atoms with van der Waals surface area (Å²) in [6.45, 7) is 9.83. The fraction of sp³-hybridized carbons (Fsp3) is 0.750. The third-order valence-electron chi connectivity index (χ3n) is 4.77. The second kappa shape index (κ2) is 5.08. The van der Waals surface area contributed by atoms with Crippen molar-refractivity contribution in [1.82, 2.24) is 4.57 Å². The molecule has 102 valence electrons. The molecule has 1 fully saturated rings. The lowest BCUT2D eigenvalue weighted by atomic mass is 9.69. The minimum atomic E-state index is 0.257. The fourth-order valence-corrected chi connectivity index (χ4v) is 3.92. The molecule has 2 nitrogen and oxygen atoms in total. The van der Waals surface area contributed by atoms with Crippen LogP contribution < -0.4 is 5.73 Å². The highest BCUT2D eigenvalue weighted by atomic mass is 15.0. The Morgan fingerprint density at radius 3 is 2.28 bits per heavy atom. The van der Waals surface area contributed by atoms with Crippen LogP contribution in [-0.2, 0) is 5.41 Å². The van der Waals surface area contributed by atoms with Gasteiger partial charge in [0.05, 0.1) is 0 Å². The number of hydrogen-bond acceptors (Lipinski definition) is 1. The van der Waals surface area contributed by atoms with Crippen LogP contribution in [0.2, 0.25) is 0 Å². The Morgan fingerprint density at radius 1 is 1.22 bits per heavy atom. The van der Waals surface area contributed by atoms with Gasteiger partial charge in [0.2, 0.25) is 0 Å². The first kappa shape index (κ1) is 13.7. The largest absolute Gasteiger partial charge is 0.346 e. The Bertz CT molecular complexity index is 409. The van der Waals surface area contributed by atoms with Gasteiger partial charge in [-0.3, -0.25) is 0 Å². The molecule has 0 bridgehead atoms. The number of nitrogens with two attached hydrogens (primary N) is 1. The van der Waals surface area contributed by atoms with Crippen LogP contribution in [0.4, 0.5) is 0 Å². The number of aromatic nitrogens is 1. The highest BCUT2D eigenvalue weighted by Crippen LogP contribution is 2.41. The molecular weight excluding hydrogens is 220 g/mol. The lowest BCUT2D eigenvalue weighted by molar-refractivity contribution is 0.299. The summed E-state index contributed by atoms with van der Waals surface area (Å²) >= 11 is 0. The molecule has 1 heterocycles. The lowest BCUT2D eigenvalue weighted by Gasteiger charge is -2.37. The molecule has 0 unspecified atom stereocenters. The lowest BCUT2D eigenvalue weighted by Crippen LogP contribution is -2.37. The van der Waals surface area contributed by atoms with Gasteiger partial charge in [-0.05, 0) is 52.2 Å². The number of aryl methyl sites for hydroxylation is 1. The van der Waals surface area contributed by atoms with Crippen LogP contribution in [0.5, 0.6) is 0 Å². The Balaban J connectivity index is 2.46. The van der Waals surface area contributed by atoms with Crippen molar-refractivity contribution in [3.63, 3.8) is 0 Å². The van der Waals surface area contributed by atoms with Crippen molar-refractivity contribution in [3.8, 4) is 0 Å². The van der Waals surface area contributed by atoms with Crippen molar-refractivity contribution in [2.24, 2.45) is 5.73 Å². The third-order valence-corrected chi connectivity index (χ3v) is 4.77. The predicted molar refractivity (Wildman–Crippen MR) is 78.1 cm³/mol. The van der Waals surface area contributed by atoms with Gasteiger partial charge in [0.15, 0.2) is 0 Å². The Morgan fingerprint density at radius 2 is 1.83 bits per heavy atom. The molecule has 0 amide bonds. The van der Waals surface area contributed by atoms with Gasteiger partial charge in [0, 0.05) is 29.4 Å². The zero-order chi connectivity index (χ0) is 13.3. The molecule has 2 rings (SSSR count). The molecule has 0 spiro atoms. The molecule has 0 radical (unpaired) electrons. The van der Waals surface area contributed by atoms with Crippen molar-refractivity contribution >= 4 is 0 Å². The molecule has 0 atom stereocenters. The minimum Gasteiger partial charge on any atom is -0.346 e. The van der Waals surface area contributed by atoms with E-state index in [0.717, 1.165) is 6.54 Å². The maximum absolute atomic E-state index is 6.17. The summed E-state index contributed by atoms with van der Waals surface area (Å²) < 4.78 is 2.46. The highest BCUT2D eigenvalue weighted by molar-refractivity contribution is 5.35. The molecule has 0 aliphatic heterocycles. The van der Waals surface area contributed by atoms with E-state index < -0.39 is 0 Å². The van der Waals surface area contributed by atoms with Crippen molar-refractivity contribution in [2.45, 2.75) is 71.3 Å². The van der Waals surface area contributed by atoms with Crippen molar-refractivity contribution in [3.05, 3.63) is 23.0 Å². The molecule has 1 aromatic heterocycles. The van der Waals surface area contributed by atoms with Gasteiger partial charge >= 0.3 is 0 Å². The third kappa shape index (κ3) is 2.11. The van der Waals surface area contributed by atoms with Crippen LogP contribution in [0.15, 0.2) is 6.07 Å². The van der Waals surface area contributed by atoms with Crippen molar-refractivity contribution in [2.75, 3.05) is 6.54 Å². The smallest absolute Gasteiger partial charge is 0.0279 e. The van der Waals surface area contributed by atoms with Crippen LogP contribution in [0.3, 0.4) is 0 Å². The summed E-state index contributed by atoms with van der Waals surface area (Å²) in [5, 5.41) is 0. The summed E-state index contributed by atoms with van der Waals surface area (Å²) in [6, 6.07) is 2.94. The van der Waals surface area contributed by atoms with Crippen LogP contribution in [-0.4, -0.2) is 11.1 Å². The molecule has 0 aromatic carbocycles. The fourth-order valence-electron chi connectivity index (χ4n) is 3.92. The summed E-state index contributed by atoms with van der Waals surface area (Å²) in [5.74, 6) is 0. The molecule has 2 heteroatoms. The van der Waals surface area contributed by atoms with E-state index in [9.17, 15) is 0 Å². The van der Waals surface area contributed by atoms with Gasteiger partial charge in [-0.25, -0.2) is 0 Å². The molecule has 1 aliphatic carbocycles. The zero-order valence-electron chi connectivity index (χ0n) is 12.4. The molecule has 0 saturated heterocycles. The van der Waals surface area contributed by atoms with Crippen LogP contribution >= 0.6 is 0 Å². The van der Waals surface area contributed by atoms with Gasteiger partial charge in [-0.15, -0.1) is 0 Å². The maximum Gasteiger partial charge on any atom is 0.0279 e. The van der Waals surface area contributed by atoms with E-state index in [1.165, 1.54) is 49.1 Å². The molecule has 1 aliphatic rings. The van der Waals surface area contributed by atoms with Gasteiger partial charge in [0.25, 0.3) is 0 Å². The first-order valence-corrected chi connectivity index (χ1v) is 7.41. The minimum absolute atomic E-state index is 0.257. The number of hydrogen-bond donors (Lipinski definition) is 1. The molecule has 1 aromatic rings. The Hall–Kier alpha value is -0.760. The topological polar surface area (TPSA) is 30.9 Å². The molecule has 1 saturated carbocycles. The van der Waals surface area contributed by atoms with Crippen molar-refractivity contribution in [1.29, 1.82) is 0 Å². The van der Waals surface area contributed by atoms with Crippen LogP contribution in [0, 0.1) is 13.8 Å². The average molecular weight is 248 g/mol. The summed E-state index contributed by atoms with van der Waals surface area (Å²) in [4.78, 5) is 0.